The molecule has 38 heteroatoms. The van der Waals surface area contributed by atoms with Gasteiger partial charge in [0.25, 0.3) is 0 Å². The number of aliphatic hydroxyl groups is 19. The van der Waals surface area contributed by atoms with Crippen LogP contribution in [0.2, 0.25) is 0 Å². The van der Waals surface area contributed by atoms with Crippen LogP contribution in [0, 0.1) is 0 Å². The summed E-state index contributed by atoms with van der Waals surface area (Å²) in [5.74, 6) is -2.27. The van der Waals surface area contributed by atoms with Crippen LogP contribution in [0.25, 0.3) is 0 Å². The minimum Gasteiger partial charge on any atom is -0.394 e. The van der Waals surface area contributed by atoms with Crippen molar-refractivity contribution in [3.8, 4) is 0 Å². The second-order valence-electron chi connectivity index (χ2n) is 22.1. The number of carbonyl (C=O) groups is 3. The first-order chi connectivity index (χ1) is 41.1. The van der Waals surface area contributed by atoms with Gasteiger partial charge in [-0.15, -0.1) is 0 Å². The number of amides is 3. The molecule has 0 saturated carbocycles. The van der Waals surface area contributed by atoms with E-state index in [4.69, 9.17) is 61.6 Å². The summed E-state index contributed by atoms with van der Waals surface area (Å²) >= 11 is 0. The fraction of sp³-hybridized carbons (Fsp3) is 0.939. The molecule has 22 N–H and O–H groups in total. The van der Waals surface area contributed by atoms with Gasteiger partial charge in [0.1, 0.15) is 165 Å². The van der Waals surface area contributed by atoms with Crippen LogP contribution in [-0.2, 0) is 76.0 Å². The van der Waals surface area contributed by atoms with E-state index in [9.17, 15) is 111 Å². The van der Waals surface area contributed by atoms with Gasteiger partial charge in [0.2, 0.25) is 17.7 Å². The van der Waals surface area contributed by atoms with E-state index in [0.717, 1.165) is 20.8 Å². The molecular formula is C49H83N3O35. The van der Waals surface area contributed by atoms with Crippen LogP contribution in [0.15, 0.2) is 0 Å². The van der Waals surface area contributed by atoms with Gasteiger partial charge in [-0.2, -0.15) is 0 Å². The van der Waals surface area contributed by atoms with E-state index < -0.39 is 279 Å². The van der Waals surface area contributed by atoms with Crippen molar-refractivity contribution >= 4 is 17.7 Å². The number of ether oxygens (including phenoxy) is 13. The van der Waals surface area contributed by atoms with E-state index in [1.165, 1.54) is 6.92 Å². The van der Waals surface area contributed by atoms with E-state index >= 15 is 0 Å². The number of carbonyl (C=O) groups excluding carboxylic acids is 3. The van der Waals surface area contributed by atoms with E-state index in [0.29, 0.717) is 0 Å². The van der Waals surface area contributed by atoms with Gasteiger partial charge in [0.05, 0.1) is 58.4 Å². The number of nitrogens with one attached hydrogen (secondary N) is 3. The first kappa shape index (κ1) is 71.6. The summed E-state index contributed by atoms with van der Waals surface area (Å²) < 4.78 is 76.2. The predicted octanol–water partition coefficient (Wildman–Crippen LogP) is -14.8. The van der Waals surface area contributed by atoms with E-state index in [-0.39, 0.29) is 0 Å². The lowest BCUT2D eigenvalue weighted by molar-refractivity contribution is -0.388. The van der Waals surface area contributed by atoms with Crippen LogP contribution in [-0.4, -0.2) is 376 Å². The molecule has 0 aromatic heterocycles. The van der Waals surface area contributed by atoms with Gasteiger partial charge >= 0.3 is 0 Å². The van der Waals surface area contributed by atoms with Crippen molar-refractivity contribution in [2.24, 2.45) is 0 Å². The summed E-state index contributed by atoms with van der Waals surface area (Å²) in [6, 6.07) is -4.66. The summed E-state index contributed by atoms with van der Waals surface area (Å²) in [5, 5.41) is 214. The zero-order chi connectivity index (χ0) is 64.2. The Hall–Kier alpha value is -2.87. The largest absolute Gasteiger partial charge is 0.394 e. The highest BCUT2D eigenvalue weighted by Crippen LogP contribution is 2.37. The highest BCUT2D eigenvalue weighted by Gasteiger charge is 2.58. The first-order valence-electron chi connectivity index (χ1n) is 27.9. The van der Waals surface area contributed by atoms with Gasteiger partial charge in [-0.25, -0.2) is 0 Å². The quantitative estimate of drug-likeness (QED) is 0.0479. The first-order valence-corrected chi connectivity index (χ1v) is 27.9. The van der Waals surface area contributed by atoms with Gasteiger partial charge in [0.15, 0.2) is 37.7 Å². The molecule has 7 aliphatic heterocycles. The zero-order valence-corrected chi connectivity index (χ0v) is 47.2. The predicted molar refractivity (Wildman–Crippen MR) is 270 cm³/mol. The third-order valence-electron chi connectivity index (χ3n) is 16.0. The lowest BCUT2D eigenvalue weighted by atomic mass is 9.92. The van der Waals surface area contributed by atoms with Crippen molar-refractivity contribution in [2.45, 2.75) is 242 Å². The molecule has 7 saturated heterocycles. The average Bonchev–Trinajstić information content (AvgIpc) is 1.01. The average molecular weight is 1270 g/mol. The smallest absolute Gasteiger partial charge is 0.217 e. The summed E-state index contributed by atoms with van der Waals surface area (Å²) in [4.78, 5) is 37.5. The molecule has 504 valence electrons. The molecule has 0 aromatic rings. The van der Waals surface area contributed by atoms with Gasteiger partial charge in [0, 0.05) is 20.8 Å². The lowest BCUT2D eigenvalue weighted by Gasteiger charge is -2.50. The van der Waals surface area contributed by atoms with Crippen LogP contribution < -0.4 is 16.0 Å². The van der Waals surface area contributed by atoms with Crippen molar-refractivity contribution in [3.63, 3.8) is 0 Å². The fourth-order valence-corrected chi connectivity index (χ4v) is 11.3. The minimum atomic E-state index is -2.32. The summed E-state index contributed by atoms with van der Waals surface area (Å²) in [6.07, 6.45) is -60.6. The maximum Gasteiger partial charge on any atom is 0.217 e. The summed E-state index contributed by atoms with van der Waals surface area (Å²) in [5.41, 5.74) is 0. The highest BCUT2D eigenvalue weighted by molar-refractivity contribution is 5.74. The molecule has 0 aliphatic carbocycles. The molecule has 38 nitrogen and oxygen atoms in total. The van der Waals surface area contributed by atoms with Crippen molar-refractivity contribution in [2.75, 3.05) is 46.2 Å². The maximum atomic E-state index is 12.7. The second-order valence-corrected chi connectivity index (χ2v) is 22.1. The van der Waals surface area contributed by atoms with E-state index in [2.05, 4.69) is 16.0 Å². The molecular weight excluding hydrogens is 1190 g/mol. The van der Waals surface area contributed by atoms with Gasteiger partial charge in [-0.05, 0) is 6.92 Å². The Labute approximate surface area is 494 Å². The maximum absolute atomic E-state index is 12.7. The second kappa shape index (κ2) is 31.2. The molecule has 87 heavy (non-hydrogen) atoms. The third kappa shape index (κ3) is 15.8. The normalized spacial score (nSPS) is 48.9. The number of hydrogen-bond acceptors (Lipinski definition) is 35. The summed E-state index contributed by atoms with van der Waals surface area (Å²) in [6.45, 7) is -2.10. The third-order valence-corrected chi connectivity index (χ3v) is 16.0. The fourth-order valence-electron chi connectivity index (χ4n) is 11.3. The molecule has 14 unspecified atom stereocenters. The zero-order valence-electron chi connectivity index (χ0n) is 47.2. The molecule has 0 bridgehead atoms. The number of aliphatic hydroxyl groups excluding tert-OH is 19. The van der Waals surface area contributed by atoms with Crippen LogP contribution in [0.4, 0.5) is 0 Å². The Morgan fingerprint density at radius 1 is 0.310 bits per heavy atom. The number of hydrogen-bond donors (Lipinski definition) is 22. The highest BCUT2D eigenvalue weighted by atomic mass is 16.8. The topological polar surface area (TPSA) is 592 Å². The molecule has 7 rings (SSSR count). The van der Waals surface area contributed by atoms with Crippen LogP contribution in [0.3, 0.4) is 0 Å². The van der Waals surface area contributed by atoms with Crippen molar-refractivity contribution < 1.29 is 173 Å². The van der Waals surface area contributed by atoms with E-state index in [1.54, 1.807) is 0 Å². The van der Waals surface area contributed by atoms with Gasteiger partial charge in [-0.3, -0.25) is 14.4 Å². The Balaban J connectivity index is 1.17. The van der Waals surface area contributed by atoms with Crippen molar-refractivity contribution in [3.05, 3.63) is 0 Å². The van der Waals surface area contributed by atoms with Gasteiger partial charge < -0.3 is 175 Å². The molecule has 7 heterocycles. The molecule has 7 aliphatic rings. The Morgan fingerprint density at radius 3 is 1.03 bits per heavy atom. The molecule has 0 spiro atoms. The standard InChI is InChI=1S/C49H83N3O35/c1-12-23(50-13(2)59)30(66)39(19(8-56)76-12)83-44-24(51-14(3)60)31(67)41(21(10-58)80-44)85-48-38(74)42(86-47-37(73)34(70)27(63)17(6-54)78-47)29(65)22(82-48)11-75-49-43(35(71)28(64)18(7-55)79-49)87-45-25(52-15(4)61)32(68)40(20(9-57)81-45)84-46-36(72)33(69)26(62)16(5-53)77-46/h12,16-49,53-58,62-74H,5-11H2,1-4H3,(H,50,59)(H,51,60)(H,52,61)/t12-,16?,17+,18?,19?,20-,21?,22?,23?,24?,25?,26-,27+,28+,29+,30+,31+,32?,33?,34?,35?,36-,37?,38+,39+,40+,41+,42?,43+,44-,45-,46-,47+,48-,49-/m0/s1. The summed E-state index contributed by atoms with van der Waals surface area (Å²) in [7, 11) is 0. The van der Waals surface area contributed by atoms with E-state index in [1.807, 2.05) is 0 Å². The van der Waals surface area contributed by atoms with Crippen LogP contribution >= 0.6 is 0 Å². The molecule has 35 atom stereocenters. The number of rotatable bonds is 22. The molecule has 0 radical (unpaired) electrons. The monoisotopic (exact) mass is 1270 g/mol. The van der Waals surface area contributed by atoms with Crippen LogP contribution in [0.5, 0.6) is 0 Å². The molecule has 7 fully saturated rings. The SMILES string of the molecule is CC(=O)NC1C(O)[C@H](O[C@@H]2OC(CO)[C@H](O)C(O)[C@@H]2O)[C@H](CO)O[C@H]1O[C@@H]1C(O)[C@H](O)C(CO)O[C@@H]1OCC1O[C@@H](O[C@@H]2C(CO)O[C@@H](O[C@@H]3C(CO)O[C@@H](C)C(NC(C)=O)[C@H]3O)C(NC(C)=O)[C@H]2O)[C@H](O)C(O[C@H]2O[C@H](CO)[C@@H](O)C(O)C2O)[C@@H]1O. The lowest BCUT2D eigenvalue weighted by Crippen LogP contribution is -2.70. The Morgan fingerprint density at radius 2 is 0.621 bits per heavy atom. The van der Waals surface area contributed by atoms with Crippen LogP contribution in [0.1, 0.15) is 27.7 Å². The van der Waals surface area contributed by atoms with Crippen molar-refractivity contribution in [1.82, 2.24) is 16.0 Å². The molecule has 0 aromatic carbocycles. The van der Waals surface area contributed by atoms with Crippen molar-refractivity contribution in [1.29, 1.82) is 0 Å². The van der Waals surface area contributed by atoms with Gasteiger partial charge in [-0.1, -0.05) is 0 Å². The molecule has 3 amide bonds. The Kier molecular flexibility index (Phi) is 25.6. The minimum absolute atomic E-state index is 0.578. The Bertz CT molecular complexity index is 2180.